The number of rotatable bonds is 6. The maximum atomic E-state index is 12.8. The van der Waals surface area contributed by atoms with Crippen molar-refractivity contribution in [2.24, 2.45) is 0 Å². The highest BCUT2D eigenvalue weighted by Crippen LogP contribution is 2.23. The molecule has 2 N–H and O–H groups in total. The SMILES string of the molecule is O=C1CCCC(NCc2ccnc(C(F)F)c2)=C1C(=S)Nc1ccccc1. The van der Waals surface area contributed by atoms with Crippen LogP contribution >= 0.6 is 12.2 Å². The molecule has 4 nitrogen and oxygen atoms in total. The van der Waals surface area contributed by atoms with Gasteiger partial charge < -0.3 is 10.6 Å². The second kappa shape index (κ2) is 8.81. The Labute approximate surface area is 161 Å². The van der Waals surface area contributed by atoms with E-state index in [0.29, 0.717) is 35.5 Å². The second-order valence-corrected chi connectivity index (χ2v) is 6.60. The quantitative estimate of drug-likeness (QED) is 0.712. The third-order valence-corrected chi connectivity index (χ3v) is 4.55. The molecule has 0 fully saturated rings. The molecule has 1 heterocycles. The Bertz CT molecular complexity index is 869. The maximum Gasteiger partial charge on any atom is 0.280 e. The highest BCUT2D eigenvalue weighted by molar-refractivity contribution is 7.81. The number of allylic oxidation sites excluding steroid dienone is 1. The Morgan fingerprint density at radius 3 is 2.70 bits per heavy atom. The zero-order valence-corrected chi connectivity index (χ0v) is 15.4. The number of hydrogen-bond donors (Lipinski definition) is 2. The first-order valence-corrected chi connectivity index (χ1v) is 9.05. The number of para-hydroxylation sites is 1. The number of halogens is 2. The van der Waals surface area contributed by atoms with E-state index in [1.165, 1.54) is 12.3 Å². The van der Waals surface area contributed by atoms with Crippen molar-refractivity contribution in [3.63, 3.8) is 0 Å². The van der Waals surface area contributed by atoms with Crippen molar-refractivity contribution in [3.8, 4) is 0 Å². The number of carbonyl (C=O) groups is 1. The van der Waals surface area contributed by atoms with Crippen LogP contribution in [0.2, 0.25) is 0 Å². The summed E-state index contributed by atoms with van der Waals surface area (Å²) in [5, 5.41) is 6.31. The first-order chi connectivity index (χ1) is 13.0. The number of benzene rings is 1. The van der Waals surface area contributed by atoms with Gasteiger partial charge in [0, 0.05) is 30.5 Å². The Morgan fingerprint density at radius 1 is 1.19 bits per heavy atom. The van der Waals surface area contributed by atoms with Gasteiger partial charge in [0.1, 0.15) is 10.7 Å². The minimum absolute atomic E-state index is 0.0137. The topological polar surface area (TPSA) is 54.0 Å². The molecular weight excluding hydrogens is 368 g/mol. The molecule has 0 unspecified atom stereocenters. The molecule has 1 aliphatic rings. The van der Waals surface area contributed by atoms with Gasteiger partial charge in [-0.15, -0.1) is 0 Å². The van der Waals surface area contributed by atoms with E-state index in [1.807, 2.05) is 30.3 Å². The summed E-state index contributed by atoms with van der Waals surface area (Å²) in [6.07, 6.45) is 0.615. The summed E-state index contributed by atoms with van der Waals surface area (Å²) in [5.41, 5.74) is 2.44. The number of Topliss-reactive ketones (excluding diaryl/α,β-unsaturated/α-hetero) is 1. The molecule has 0 bridgehead atoms. The molecule has 0 amide bonds. The number of thiocarbonyl (C=S) groups is 1. The third kappa shape index (κ3) is 4.95. The van der Waals surface area contributed by atoms with E-state index < -0.39 is 6.43 Å². The Kier molecular flexibility index (Phi) is 6.24. The van der Waals surface area contributed by atoms with Gasteiger partial charge in [0.2, 0.25) is 0 Å². The van der Waals surface area contributed by atoms with Crippen molar-refractivity contribution in [2.75, 3.05) is 5.32 Å². The van der Waals surface area contributed by atoms with E-state index in [1.54, 1.807) is 6.07 Å². The van der Waals surface area contributed by atoms with Crippen LogP contribution in [0.1, 0.15) is 36.9 Å². The first-order valence-electron chi connectivity index (χ1n) is 8.64. The summed E-state index contributed by atoms with van der Waals surface area (Å²) in [5.74, 6) is -0.0137. The van der Waals surface area contributed by atoms with Crippen LogP contribution in [0.4, 0.5) is 14.5 Å². The fourth-order valence-corrected chi connectivity index (χ4v) is 3.29. The molecule has 7 heteroatoms. The van der Waals surface area contributed by atoms with Gasteiger partial charge in [0.15, 0.2) is 5.78 Å². The molecule has 0 atom stereocenters. The van der Waals surface area contributed by atoms with Crippen LogP contribution in [-0.4, -0.2) is 15.8 Å². The number of ketones is 1. The molecule has 3 rings (SSSR count). The molecule has 0 radical (unpaired) electrons. The average Bonchev–Trinajstić information content (AvgIpc) is 2.67. The minimum atomic E-state index is -2.61. The fraction of sp³-hybridized carbons (Fsp3) is 0.250. The summed E-state index contributed by atoms with van der Waals surface area (Å²) in [6, 6.07) is 12.4. The molecule has 27 heavy (non-hydrogen) atoms. The summed E-state index contributed by atoms with van der Waals surface area (Å²) in [6.45, 7) is 0.322. The third-order valence-electron chi connectivity index (χ3n) is 4.24. The van der Waals surface area contributed by atoms with E-state index in [2.05, 4.69) is 15.6 Å². The lowest BCUT2D eigenvalue weighted by atomic mass is 9.94. The zero-order chi connectivity index (χ0) is 19.2. The maximum absolute atomic E-state index is 12.8. The van der Waals surface area contributed by atoms with Gasteiger partial charge in [0.25, 0.3) is 6.43 Å². The summed E-state index contributed by atoms with van der Waals surface area (Å²) in [4.78, 5) is 16.5. The van der Waals surface area contributed by atoms with Crippen molar-refractivity contribution < 1.29 is 13.6 Å². The average molecular weight is 387 g/mol. The number of alkyl halides is 2. The smallest absolute Gasteiger partial charge is 0.280 e. The number of carbonyl (C=O) groups excluding carboxylic acids is 1. The van der Waals surface area contributed by atoms with E-state index in [4.69, 9.17) is 12.2 Å². The number of aromatic nitrogens is 1. The predicted molar refractivity (Wildman–Crippen MR) is 105 cm³/mol. The monoisotopic (exact) mass is 387 g/mol. The van der Waals surface area contributed by atoms with Crippen molar-refractivity contribution in [2.45, 2.75) is 32.2 Å². The summed E-state index contributed by atoms with van der Waals surface area (Å²) < 4.78 is 25.6. The number of hydrogen-bond acceptors (Lipinski definition) is 4. The Balaban J connectivity index is 1.77. The highest BCUT2D eigenvalue weighted by Gasteiger charge is 2.24. The van der Waals surface area contributed by atoms with Gasteiger partial charge in [-0.25, -0.2) is 8.78 Å². The van der Waals surface area contributed by atoms with Crippen LogP contribution in [0.3, 0.4) is 0 Å². The lowest BCUT2D eigenvalue weighted by Gasteiger charge is -2.22. The normalized spacial score (nSPS) is 14.4. The molecule has 1 aliphatic carbocycles. The van der Waals surface area contributed by atoms with Gasteiger partial charge in [0.05, 0.1) is 5.57 Å². The first kappa shape index (κ1) is 19.1. The van der Waals surface area contributed by atoms with Gasteiger partial charge in [-0.2, -0.15) is 0 Å². The van der Waals surface area contributed by atoms with E-state index in [-0.39, 0.29) is 11.5 Å². The van der Waals surface area contributed by atoms with Crippen molar-refractivity contribution >= 4 is 28.7 Å². The van der Waals surface area contributed by atoms with Crippen molar-refractivity contribution in [3.05, 3.63) is 71.2 Å². The highest BCUT2D eigenvalue weighted by atomic mass is 32.1. The molecule has 0 spiro atoms. The number of anilines is 1. The lowest BCUT2D eigenvalue weighted by Crippen LogP contribution is -2.28. The van der Waals surface area contributed by atoms with Crippen molar-refractivity contribution in [1.82, 2.24) is 10.3 Å². The second-order valence-electron chi connectivity index (χ2n) is 6.19. The summed E-state index contributed by atoms with van der Waals surface area (Å²) in [7, 11) is 0. The molecule has 1 aromatic heterocycles. The van der Waals surface area contributed by atoms with E-state index in [0.717, 1.165) is 17.8 Å². The number of pyridine rings is 1. The largest absolute Gasteiger partial charge is 0.384 e. The van der Waals surface area contributed by atoms with Crippen molar-refractivity contribution in [1.29, 1.82) is 0 Å². The molecule has 140 valence electrons. The summed E-state index contributed by atoms with van der Waals surface area (Å²) >= 11 is 5.46. The molecule has 1 aromatic carbocycles. The lowest BCUT2D eigenvalue weighted by molar-refractivity contribution is -0.115. The molecular formula is C20H19F2N3OS. The van der Waals surface area contributed by atoms with Gasteiger partial charge in [-0.05, 0) is 42.7 Å². The molecule has 0 saturated carbocycles. The molecule has 0 saturated heterocycles. The van der Waals surface area contributed by atoms with E-state index in [9.17, 15) is 13.6 Å². The fourth-order valence-electron chi connectivity index (χ4n) is 2.93. The predicted octanol–water partition coefficient (Wildman–Crippen LogP) is 4.56. The van der Waals surface area contributed by atoms with Crippen LogP contribution in [-0.2, 0) is 11.3 Å². The minimum Gasteiger partial charge on any atom is -0.384 e. The van der Waals surface area contributed by atoms with Gasteiger partial charge in [-0.3, -0.25) is 9.78 Å². The van der Waals surface area contributed by atoms with Crippen LogP contribution in [0.25, 0.3) is 0 Å². The zero-order valence-electron chi connectivity index (χ0n) is 14.5. The van der Waals surface area contributed by atoms with Gasteiger partial charge in [-0.1, -0.05) is 30.4 Å². The number of nitrogens with zero attached hydrogens (tertiary/aromatic N) is 1. The van der Waals surface area contributed by atoms with Crippen LogP contribution in [0.5, 0.6) is 0 Å². The molecule has 0 aliphatic heterocycles. The van der Waals surface area contributed by atoms with E-state index >= 15 is 0 Å². The van der Waals surface area contributed by atoms with Crippen LogP contribution in [0, 0.1) is 0 Å². The standard InChI is InChI=1S/C20H19F2N3OS/c21-19(22)16-11-13(9-10-23-16)12-24-15-7-4-8-17(26)18(15)20(27)25-14-5-2-1-3-6-14/h1-3,5-6,9-11,19,24H,4,7-8,12H2,(H,25,27). The van der Waals surface area contributed by atoms with Crippen LogP contribution in [0.15, 0.2) is 59.9 Å². The van der Waals surface area contributed by atoms with Gasteiger partial charge >= 0.3 is 0 Å². The van der Waals surface area contributed by atoms with Crippen LogP contribution < -0.4 is 10.6 Å². The molecule has 2 aromatic rings. The Morgan fingerprint density at radius 2 is 1.96 bits per heavy atom. The number of nitrogens with one attached hydrogen (secondary N) is 2. The Hall–Kier alpha value is -2.67.